The van der Waals surface area contributed by atoms with E-state index in [2.05, 4.69) is 4.98 Å². The fourth-order valence-electron chi connectivity index (χ4n) is 3.11. The Hall–Kier alpha value is -2.98. The van der Waals surface area contributed by atoms with Gasteiger partial charge in [0.1, 0.15) is 23.9 Å². The molecule has 4 rings (SSSR count). The third kappa shape index (κ3) is 6.37. The fourth-order valence-corrected chi connectivity index (χ4v) is 5.25. The third-order valence-corrected chi connectivity index (χ3v) is 7.49. The first-order valence-corrected chi connectivity index (χ1v) is 13.2. The van der Waals surface area contributed by atoms with Crippen LogP contribution in [0.2, 0.25) is 10.0 Å². The number of sulfonamides is 1. The summed E-state index contributed by atoms with van der Waals surface area (Å²) in [5, 5.41) is 2.77. The van der Waals surface area contributed by atoms with Gasteiger partial charge in [0, 0.05) is 33.0 Å². The van der Waals surface area contributed by atoms with Crippen molar-refractivity contribution in [2.45, 2.75) is 17.9 Å². The lowest BCUT2D eigenvalue weighted by Gasteiger charge is -2.12. The number of ether oxygens (including phenoxy) is 1. The van der Waals surface area contributed by atoms with E-state index < -0.39 is 21.7 Å². The van der Waals surface area contributed by atoms with Crippen molar-refractivity contribution in [3.63, 3.8) is 0 Å². The molecular weight excluding hydrogens is 534 g/mol. The highest BCUT2D eigenvalue weighted by molar-refractivity contribution is 7.90. The van der Waals surface area contributed by atoms with Crippen LogP contribution in [0.3, 0.4) is 0 Å². The number of carbonyl (C=O) groups is 1. The van der Waals surface area contributed by atoms with E-state index in [0.717, 1.165) is 0 Å². The highest BCUT2D eigenvalue weighted by atomic mass is 35.5. The largest absolute Gasteiger partial charge is 0.488 e. The number of aromatic nitrogens is 1. The van der Waals surface area contributed by atoms with Gasteiger partial charge in [-0.05, 0) is 42.5 Å². The van der Waals surface area contributed by atoms with E-state index in [1.807, 2.05) is 4.72 Å². The fraction of sp³-hybridized carbons (Fsp3) is 0.0833. The Morgan fingerprint density at radius 2 is 1.71 bits per heavy atom. The van der Waals surface area contributed by atoms with Crippen molar-refractivity contribution in [3.8, 4) is 5.75 Å². The molecule has 3 aromatic carbocycles. The number of rotatable bonds is 8. The van der Waals surface area contributed by atoms with Crippen LogP contribution in [0.4, 0.5) is 4.39 Å². The molecule has 0 unspecified atom stereocenters. The number of hydrogen-bond donors (Lipinski definition) is 1. The van der Waals surface area contributed by atoms with Crippen LogP contribution in [0.25, 0.3) is 0 Å². The van der Waals surface area contributed by atoms with Gasteiger partial charge in [-0.3, -0.25) is 4.79 Å². The molecule has 4 aromatic rings. The molecule has 11 heteroatoms. The topological polar surface area (TPSA) is 85.4 Å². The van der Waals surface area contributed by atoms with Gasteiger partial charge in [0.05, 0.1) is 9.90 Å². The molecule has 6 nitrogen and oxygen atoms in total. The number of hydrogen-bond acceptors (Lipinski definition) is 6. The number of halogens is 3. The van der Waals surface area contributed by atoms with E-state index in [1.165, 1.54) is 34.9 Å². The first kappa shape index (κ1) is 25.1. The Morgan fingerprint density at radius 3 is 2.46 bits per heavy atom. The van der Waals surface area contributed by atoms with Crippen molar-refractivity contribution in [2.24, 2.45) is 0 Å². The number of benzene rings is 3. The molecule has 0 aliphatic rings. The Bertz CT molecular complexity index is 1480. The van der Waals surface area contributed by atoms with Crippen molar-refractivity contribution in [1.29, 1.82) is 0 Å². The second-order valence-electron chi connectivity index (χ2n) is 7.33. The first-order valence-electron chi connectivity index (χ1n) is 10.1. The maximum Gasteiger partial charge on any atom is 0.284 e. The number of nitrogens with zero attached hydrogens (tertiary/aromatic N) is 1. The molecule has 1 aromatic heterocycles. The quantitative estimate of drug-likeness (QED) is 0.296. The summed E-state index contributed by atoms with van der Waals surface area (Å²) in [6.07, 6.45) is 0.266. The van der Waals surface area contributed by atoms with Crippen LogP contribution in [-0.2, 0) is 23.1 Å². The SMILES string of the molecule is O=C(NS(=O)(=O)c1ccccc1)c1csc(Cc2cc(Cl)ccc2OCc2ccc(Cl)cc2F)n1. The lowest BCUT2D eigenvalue weighted by Crippen LogP contribution is -2.30. The standard InChI is InChI=1S/C24H17Cl2FN2O4S2/c25-17-8-9-22(33-13-15-6-7-18(26)12-20(15)27)16(10-17)11-23-28-21(14-34-23)24(30)29-35(31,32)19-4-2-1-3-5-19/h1-10,12,14H,11,13H2,(H,29,30). The van der Waals surface area contributed by atoms with Gasteiger partial charge in [0.15, 0.2) is 0 Å². The molecule has 0 aliphatic heterocycles. The Balaban J connectivity index is 1.48. The average molecular weight is 551 g/mol. The van der Waals surface area contributed by atoms with Gasteiger partial charge < -0.3 is 4.74 Å². The van der Waals surface area contributed by atoms with Gasteiger partial charge in [-0.1, -0.05) is 47.5 Å². The lowest BCUT2D eigenvalue weighted by molar-refractivity contribution is 0.0977. The maximum absolute atomic E-state index is 14.1. The zero-order valence-electron chi connectivity index (χ0n) is 17.9. The highest BCUT2D eigenvalue weighted by Crippen LogP contribution is 2.28. The molecule has 1 heterocycles. The van der Waals surface area contributed by atoms with Crippen molar-refractivity contribution in [2.75, 3.05) is 0 Å². The third-order valence-electron chi connectivity index (χ3n) is 4.83. The molecule has 1 amide bonds. The van der Waals surface area contributed by atoms with Crippen molar-refractivity contribution in [3.05, 3.63) is 110 Å². The van der Waals surface area contributed by atoms with E-state index in [9.17, 15) is 17.6 Å². The predicted molar refractivity (Wildman–Crippen MR) is 133 cm³/mol. The molecule has 0 atom stereocenters. The number of nitrogens with one attached hydrogen (secondary N) is 1. The molecule has 35 heavy (non-hydrogen) atoms. The van der Waals surface area contributed by atoms with Crippen LogP contribution in [-0.4, -0.2) is 19.3 Å². The summed E-state index contributed by atoms with van der Waals surface area (Å²) in [5.41, 5.74) is 0.977. The summed E-state index contributed by atoms with van der Waals surface area (Å²) in [6.45, 7) is -0.0273. The van der Waals surface area contributed by atoms with Crippen LogP contribution in [0.1, 0.15) is 26.6 Å². The minimum absolute atomic E-state index is 0.0263. The molecule has 0 radical (unpaired) electrons. The second kappa shape index (κ2) is 10.7. The molecule has 0 aliphatic carbocycles. The van der Waals surface area contributed by atoms with Gasteiger partial charge in [-0.15, -0.1) is 11.3 Å². The summed E-state index contributed by atoms with van der Waals surface area (Å²) >= 11 is 13.1. The summed E-state index contributed by atoms with van der Waals surface area (Å²) < 4.78 is 46.7. The monoisotopic (exact) mass is 550 g/mol. The van der Waals surface area contributed by atoms with E-state index in [0.29, 0.717) is 31.9 Å². The Kier molecular flexibility index (Phi) is 7.71. The van der Waals surface area contributed by atoms with Crippen molar-refractivity contribution in [1.82, 2.24) is 9.71 Å². The van der Waals surface area contributed by atoms with Gasteiger partial charge in [-0.25, -0.2) is 22.5 Å². The second-order valence-corrected chi connectivity index (χ2v) is 10.8. The smallest absolute Gasteiger partial charge is 0.284 e. The molecular formula is C24H17Cl2FN2O4S2. The van der Waals surface area contributed by atoms with Crippen LogP contribution < -0.4 is 9.46 Å². The summed E-state index contributed by atoms with van der Waals surface area (Å²) in [5.74, 6) is -0.845. The molecule has 0 bridgehead atoms. The van der Waals surface area contributed by atoms with Crippen LogP contribution >= 0.6 is 34.5 Å². The normalized spacial score (nSPS) is 11.3. The van der Waals surface area contributed by atoms with Gasteiger partial charge in [-0.2, -0.15) is 0 Å². The van der Waals surface area contributed by atoms with Crippen LogP contribution in [0, 0.1) is 5.82 Å². The van der Waals surface area contributed by atoms with Crippen molar-refractivity contribution < 1.29 is 22.3 Å². The molecule has 180 valence electrons. The summed E-state index contributed by atoms with van der Waals surface area (Å²) in [7, 11) is -4.02. The van der Waals surface area contributed by atoms with E-state index in [4.69, 9.17) is 27.9 Å². The summed E-state index contributed by atoms with van der Waals surface area (Å²) in [6, 6.07) is 16.9. The zero-order valence-corrected chi connectivity index (χ0v) is 21.0. The molecule has 1 N–H and O–H groups in total. The van der Waals surface area contributed by atoms with E-state index in [1.54, 1.807) is 48.5 Å². The Morgan fingerprint density at radius 1 is 1.00 bits per heavy atom. The number of thiazole rings is 1. The van der Waals surface area contributed by atoms with E-state index in [-0.39, 0.29) is 23.6 Å². The van der Waals surface area contributed by atoms with Gasteiger partial charge in [0.25, 0.3) is 15.9 Å². The molecule has 0 spiro atoms. The number of amides is 1. The first-order chi connectivity index (χ1) is 16.7. The predicted octanol–water partition coefficient (Wildman–Crippen LogP) is 5.88. The van der Waals surface area contributed by atoms with Crippen LogP contribution in [0.15, 0.2) is 77.0 Å². The maximum atomic E-state index is 14.1. The van der Waals surface area contributed by atoms with Gasteiger partial charge >= 0.3 is 0 Å². The number of carbonyl (C=O) groups excluding carboxylic acids is 1. The zero-order chi connectivity index (χ0) is 25.0. The van der Waals surface area contributed by atoms with Crippen LogP contribution in [0.5, 0.6) is 5.75 Å². The molecule has 0 saturated heterocycles. The molecule has 0 saturated carbocycles. The van der Waals surface area contributed by atoms with Gasteiger partial charge in [0.2, 0.25) is 0 Å². The summed E-state index contributed by atoms with van der Waals surface area (Å²) in [4.78, 5) is 16.7. The highest BCUT2D eigenvalue weighted by Gasteiger charge is 2.21. The Labute approximate surface area is 215 Å². The minimum Gasteiger partial charge on any atom is -0.488 e. The molecule has 0 fully saturated rings. The lowest BCUT2D eigenvalue weighted by atomic mass is 10.1. The average Bonchev–Trinajstić information content (AvgIpc) is 3.29. The minimum atomic E-state index is -4.02. The van der Waals surface area contributed by atoms with Crippen molar-refractivity contribution >= 4 is 50.5 Å². The van der Waals surface area contributed by atoms with E-state index >= 15 is 0 Å².